The highest BCUT2D eigenvalue weighted by Gasteiger charge is 2.59. The second-order valence-corrected chi connectivity index (χ2v) is 14.4. The standard InChI is InChI=1S/C35H52O2/c1-23(2)32(37-33(36)26-10-8-7-9-11-26)17-12-25(4)29-15-16-30-28-14-13-27-22-24(3)18-20-34(27,5)31(28)19-21-35(29,30)6/h7-11,13,23-25,28-32H,12,14-22H2,1-6H3/t24-,25-,28+,29-,30+,31+,32?,34+,35-/m1/s1. The Morgan fingerprint density at radius 3 is 2.46 bits per heavy atom. The first kappa shape index (κ1) is 27.0. The summed E-state index contributed by atoms with van der Waals surface area (Å²) < 4.78 is 6.04. The van der Waals surface area contributed by atoms with Crippen LogP contribution in [0, 0.1) is 52.3 Å². The van der Waals surface area contributed by atoms with E-state index in [0.29, 0.717) is 28.2 Å². The Hall–Kier alpha value is -1.57. The van der Waals surface area contributed by atoms with Crippen LogP contribution in [0.4, 0.5) is 0 Å². The predicted octanol–water partition coefficient (Wildman–Crippen LogP) is 9.50. The van der Waals surface area contributed by atoms with Gasteiger partial charge in [0.1, 0.15) is 6.10 Å². The van der Waals surface area contributed by atoms with E-state index in [4.69, 9.17) is 4.74 Å². The Kier molecular flexibility index (Phi) is 7.69. The average molecular weight is 505 g/mol. The van der Waals surface area contributed by atoms with Crippen molar-refractivity contribution in [2.45, 2.75) is 112 Å². The van der Waals surface area contributed by atoms with Gasteiger partial charge >= 0.3 is 5.97 Å². The fourth-order valence-corrected chi connectivity index (χ4v) is 9.75. The number of rotatable bonds is 7. The van der Waals surface area contributed by atoms with E-state index >= 15 is 0 Å². The van der Waals surface area contributed by atoms with Crippen LogP contribution in [0.3, 0.4) is 0 Å². The zero-order valence-corrected chi connectivity index (χ0v) is 24.5. The van der Waals surface area contributed by atoms with E-state index in [-0.39, 0.29) is 12.1 Å². The van der Waals surface area contributed by atoms with Gasteiger partial charge in [-0.1, -0.05) is 71.4 Å². The molecule has 0 bridgehead atoms. The third-order valence-corrected chi connectivity index (χ3v) is 12.0. The summed E-state index contributed by atoms with van der Waals surface area (Å²) in [7, 11) is 0. The Morgan fingerprint density at radius 1 is 0.973 bits per heavy atom. The van der Waals surface area contributed by atoms with Crippen LogP contribution in [0.2, 0.25) is 0 Å². The summed E-state index contributed by atoms with van der Waals surface area (Å²) in [5.41, 5.74) is 3.45. The molecule has 0 N–H and O–H groups in total. The van der Waals surface area contributed by atoms with Gasteiger partial charge in [0.2, 0.25) is 0 Å². The van der Waals surface area contributed by atoms with Crippen molar-refractivity contribution in [3.8, 4) is 0 Å². The highest BCUT2D eigenvalue weighted by molar-refractivity contribution is 5.89. The van der Waals surface area contributed by atoms with Gasteiger partial charge in [-0.2, -0.15) is 0 Å². The largest absolute Gasteiger partial charge is 0.459 e. The Labute approximate surface area is 227 Å². The molecule has 4 aliphatic carbocycles. The van der Waals surface area contributed by atoms with Gasteiger partial charge in [-0.25, -0.2) is 4.79 Å². The molecule has 4 aliphatic rings. The van der Waals surface area contributed by atoms with Gasteiger partial charge in [0.25, 0.3) is 0 Å². The number of carbonyl (C=O) groups excluding carboxylic acids is 1. The summed E-state index contributed by atoms with van der Waals surface area (Å²) in [6, 6.07) is 9.48. The summed E-state index contributed by atoms with van der Waals surface area (Å²) in [5, 5.41) is 0. The molecule has 204 valence electrons. The van der Waals surface area contributed by atoms with Gasteiger partial charge in [0, 0.05) is 0 Å². The SMILES string of the molecule is CC(C)C(CC[C@@H](C)[C@H]1CC[C@H]2[C@@H]3CC=C4C[C@H](C)CC[C@]4(C)[C@H]3CC[C@]12C)OC(=O)c1ccccc1. The van der Waals surface area contributed by atoms with Crippen LogP contribution in [0.25, 0.3) is 0 Å². The lowest BCUT2D eigenvalue weighted by Gasteiger charge is -2.58. The molecule has 2 heteroatoms. The zero-order valence-electron chi connectivity index (χ0n) is 24.5. The molecule has 0 amide bonds. The third-order valence-electron chi connectivity index (χ3n) is 12.0. The lowest BCUT2D eigenvalue weighted by Crippen LogP contribution is -2.50. The maximum atomic E-state index is 12.8. The fraction of sp³-hybridized carbons (Fsp3) is 0.743. The molecule has 0 radical (unpaired) electrons. The molecule has 0 saturated heterocycles. The maximum Gasteiger partial charge on any atom is 0.338 e. The van der Waals surface area contributed by atoms with E-state index in [1.165, 1.54) is 51.4 Å². The molecule has 5 rings (SSSR count). The molecule has 0 aromatic heterocycles. The van der Waals surface area contributed by atoms with Crippen molar-refractivity contribution >= 4 is 5.97 Å². The minimum atomic E-state index is -0.173. The van der Waals surface area contributed by atoms with E-state index in [0.717, 1.165) is 42.4 Å². The van der Waals surface area contributed by atoms with E-state index in [1.54, 1.807) is 0 Å². The van der Waals surface area contributed by atoms with Gasteiger partial charge in [-0.3, -0.25) is 0 Å². The monoisotopic (exact) mass is 504 g/mol. The molecule has 0 heterocycles. The van der Waals surface area contributed by atoms with Crippen LogP contribution in [0.1, 0.15) is 116 Å². The summed E-state index contributed by atoms with van der Waals surface area (Å²) in [6.45, 7) is 14.7. The minimum Gasteiger partial charge on any atom is -0.459 e. The topological polar surface area (TPSA) is 26.3 Å². The number of benzene rings is 1. The molecule has 37 heavy (non-hydrogen) atoms. The van der Waals surface area contributed by atoms with Gasteiger partial charge in [0.15, 0.2) is 0 Å². The van der Waals surface area contributed by atoms with Crippen molar-refractivity contribution in [1.82, 2.24) is 0 Å². The summed E-state index contributed by atoms with van der Waals surface area (Å²) in [5.74, 6) is 5.23. The number of hydrogen-bond acceptors (Lipinski definition) is 2. The molecular weight excluding hydrogens is 452 g/mol. The summed E-state index contributed by atoms with van der Waals surface area (Å²) in [4.78, 5) is 12.8. The van der Waals surface area contributed by atoms with E-state index in [2.05, 4.69) is 47.6 Å². The number of allylic oxidation sites excluding steroid dienone is 2. The van der Waals surface area contributed by atoms with Crippen molar-refractivity contribution in [3.05, 3.63) is 47.5 Å². The minimum absolute atomic E-state index is 0.00792. The molecule has 1 aromatic carbocycles. The number of hydrogen-bond donors (Lipinski definition) is 0. The highest BCUT2D eigenvalue weighted by atomic mass is 16.5. The first-order chi connectivity index (χ1) is 17.6. The smallest absolute Gasteiger partial charge is 0.338 e. The number of fused-ring (bicyclic) bond motifs is 5. The first-order valence-electron chi connectivity index (χ1n) is 15.6. The number of ether oxygens (including phenoxy) is 1. The Morgan fingerprint density at radius 2 is 1.73 bits per heavy atom. The van der Waals surface area contributed by atoms with E-state index < -0.39 is 0 Å². The van der Waals surface area contributed by atoms with E-state index in [1.807, 2.05) is 35.9 Å². The van der Waals surface area contributed by atoms with Crippen LogP contribution in [0.15, 0.2) is 42.0 Å². The van der Waals surface area contributed by atoms with Crippen molar-refractivity contribution in [2.24, 2.45) is 52.3 Å². The summed E-state index contributed by atoms with van der Waals surface area (Å²) >= 11 is 0. The third kappa shape index (κ3) is 4.96. The highest BCUT2D eigenvalue weighted by Crippen LogP contribution is 2.67. The predicted molar refractivity (Wildman–Crippen MR) is 153 cm³/mol. The number of carbonyl (C=O) groups is 1. The molecule has 9 atom stereocenters. The van der Waals surface area contributed by atoms with Crippen LogP contribution in [-0.4, -0.2) is 12.1 Å². The van der Waals surface area contributed by atoms with Crippen LogP contribution in [-0.2, 0) is 4.74 Å². The zero-order chi connectivity index (χ0) is 26.4. The second kappa shape index (κ2) is 10.5. The quantitative estimate of drug-likeness (QED) is 0.273. The second-order valence-electron chi connectivity index (χ2n) is 14.4. The Balaban J connectivity index is 1.23. The van der Waals surface area contributed by atoms with Crippen molar-refractivity contribution < 1.29 is 9.53 Å². The van der Waals surface area contributed by atoms with Crippen LogP contribution >= 0.6 is 0 Å². The molecule has 1 unspecified atom stereocenters. The molecule has 0 spiro atoms. The molecule has 1 aromatic rings. The summed E-state index contributed by atoms with van der Waals surface area (Å²) in [6.07, 6.45) is 16.1. The normalized spacial score (nSPS) is 38.7. The van der Waals surface area contributed by atoms with Crippen molar-refractivity contribution in [2.75, 3.05) is 0 Å². The van der Waals surface area contributed by atoms with Gasteiger partial charge in [-0.15, -0.1) is 0 Å². The lowest BCUT2D eigenvalue weighted by molar-refractivity contribution is -0.0534. The van der Waals surface area contributed by atoms with Crippen LogP contribution in [0.5, 0.6) is 0 Å². The van der Waals surface area contributed by atoms with Gasteiger partial charge in [0.05, 0.1) is 5.56 Å². The lowest BCUT2D eigenvalue weighted by atomic mass is 9.46. The van der Waals surface area contributed by atoms with E-state index in [9.17, 15) is 4.79 Å². The van der Waals surface area contributed by atoms with Crippen molar-refractivity contribution in [3.63, 3.8) is 0 Å². The van der Waals surface area contributed by atoms with Crippen LogP contribution < -0.4 is 0 Å². The average Bonchev–Trinajstić information content (AvgIpc) is 3.24. The molecular formula is C35H52O2. The van der Waals surface area contributed by atoms with Gasteiger partial charge < -0.3 is 4.74 Å². The molecule has 3 saturated carbocycles. The van der Waals surface area contributed by atoms with Gasteiger partial charge in [-0.05, 0) is 129 Å². The first-order valence-corrected chi connectivity index (χ1v) is 15.6. The van der Waals surface area contributed by atoms with Crippen molar-refractivity contribution in [1.29, 1.82) is 0 Å². The fourth-order valence-electron chi connectivity index (χ4n) is 9.75. The molecule has 3 fully saturated rings. The molecule has 2 nitrogen and oxygen atoms in total. The maximum absolute atomic E-state index is 12.8. The Bertz CT molecular complexity index is 978. The molecule has 0 aliphatic heterocycles. The number of esters is 1.